The summed E-state index contributed by atoms with van der Waals surface area (Å²) in [7, 11) is 0. The molecule has 0 aliphatic heterocycles. The van der Waals surface area contributed by atoms with Gasteiger partial charge in [0.15, 0.2) is 0 Å². The van der Waals surface area contributed by atoms with Crippen LogP contribution in [0.1, 0.15) is 39.0 Å². The molecule has 1 aliphatic carbocycles. The van der Waals surface area contributed by atoms with Crippen molar-refractivity contribution in [3.63, 3.8) is 0 Å². The van der Waals surface area contributed by atoms with Crippen LogP contribution in [0.25, 0.3) is 0 Å². The third kappa shape index (κ3) is 2.45. The summed E-state index contributed by atoms with van der Waals surface area (Å²) in [6, 6.07) is 0. The Hall–Kier alpha value is 0.753. The minimum atomic E-state index is 1.01. The summed E-state index contributed by atoms with van der Waals surface area (Å²) in [5.41, 5.74) is 0. The van der Waals surface area contributed by atoms with Crippen LogP contribution in [-0.4, -0.2) is 3.21 Å². The fourth-order valence-electron chi connectivity index (χ4n) is 1.54. The van der Waals surface area contributed by atoms with Gasteiger partial charge in [-0.05, 0) is 0 Å². The molecule has 48 valence electrons. The van der Waals surface area contributed by atoms with E-state index in [0.717, 1.165) is 5.92 Å². The van der Waals surface area contributed by atoms with E-state index < -0.39 is 0 Å². The van der Waals surface area contributed by atoms with Crippen LogP contribution in [0.3, 0.4) is 0 Å². The average Bonchev–Trinajstić information content (AvgIpc) is 1.90. The van der Waals surface area contributed by atoms with E-state index in [1.54, 1.807) is 27.4 Å². The predicted molar refractivity (Wildman–Crippen MR) is 37.3 cm³/mol. The van der Waals surface area contributed by atoms with Crippen molar-refractivity contribution in [3.8, 4) is 0 Å². The van der Waals surface area contributed by atoms with Crippen LogP contribution in [0.2, 0.25) is 0 Å². The van der Waals surface area contributed by atoms with Crippen molar-refractivity contribution < 1.29 is 24.2 Å². The number of hydrogen-bond donors (Lipinski definition) is 0. The van der Waals surface area contributed by atoms with E-state index in [2.05, 4.69) is 6.92 Å². The minimum absolute atomic E-state index is 1.01. The Morgan fingerprint density at radius 3 is 2.11 bits per heavy atom. The quantitative estimate of drug-likeness (QED) is 0.611. The molecule has 0 nitrogen and oxygen atoms in total. The Morgan fingerprint density at radius 1 is 1.22 bits per heavy atom. The molecule has 0 bridgehead atoms. The summed E-state index contributed by atoms with van der Waals surface area (Å²) in [5, 5.41) is 0. The maximum absolute atomic E-state index is 2.31. The third-order valence-electron chi connectivity index (χ3n) is 2.22. The van der Waals surface area contributed by atoms with Gasteiger partial charge in [-0.25, -0.2) is 0 Å². The van der Waals surface area contributed by atoms with E-state index in [4.69, 9.17) is 0 Å². The van der Waals surface area contributed by atoms with Gasteiger partial charge in [-0.1, -0.05) is 0 Å². The molecular weight excluding hydrogens is 187 g/mol. The molecular formula is C8H14Zr+2. The van der Waals surface area contributed by atoms with Crippen molar-refractivity contribution in [2.24, 2.45) is 5.92 Å². The zero-order valence-electron chi connectivity index (χ0n) is 6.11. The van der Waals surface area contributed by atoms with Crippen LogP contribution in [0.4, 0.5) is 0 Å². The second kappa shape index (κ2) is 3.81. The summed E-state index contributed by atoms with van der Waals surface area (Å²) in [5.74, 6) is 1.01. The van der Waals surface area contributed by atoms with Gasteiger partial charge in [-0.15, -0.1) is 0 Å². The Balaban J connectivity index is 2.31. The normalized spacial score (nSPS) is 22.1. The Kier molecular flexibility index (Phi) is 3.32. The van der Waals surface area contributed by atoms with Crippen molar-refractivity contribution in [1.82, 2.24) is 0 Å². The first-order valence-electron chi connectivity index (χ1n) is 3.86. The van der Waals surface area contributed by atoms with Gasteiger partial charge in [0, 0.05) is 0 Å². The molecule has 0 spiro atoms. The second-order valence-corrected chi connectivity index (χ2v) is 4.96. The molecule has 0 aromatic heterocycles. The molecule has 0 N–H and O–H groups in total. The van der Waals surface area contributed by atoms with Gasteiger partial charge in [0.2, 0.25) is 0 Å². The first-order valence-corrected chi connectivity index (χ1v) is 5.08. The van der Waals surface area contributed by atoms with E-state index in [-0.39, 0.29) is 0 Å². The predicted octanol–water partition coefficient (Wildman–Crippen LogP) is 2.31. The number of rotatable bonds is 1. The molecule has 1 aliphatic rings. The zero-order valence-corrected chi connectivity index (χ0v) is 8.57. The summed E-state index contributed by atoms with van der Waals surface area (Å²) in [6.45, 7) is 2.31. The van der Waals surface area contributed by atoms with E-state index in [0.29, 0.717) is 0 Å². The van der Waals surface area contributed by atoms with E-state index in [1.807, 2.05) is 0 Å². The van der Waals surface area contributed by atoms with Gasteiger partial charge in [-0.3, -0.25) is 0 Å². The molecule has 0 saturated heterocycles. The van der Waals surface area contributed by atoms with E-state index in [9.17, 15) is 0 Å². The van der Waals surface area contributed by atoms with Gasteiger partial charge in [0.05, 0.1) is 0 Å². The summed E-state index contributed by atoms with van der Waals surface area (Å²) in [6.07, 6.45) is 7.42. The second-order valence-electron chi connectivity index (χ2n) is 3.02. The summed E-state index contributed by atoms with van der Waals surface area (Å²) < 4.78 is 1.74. The van der Waals surface area contributed by atoms with Crippen LogP contribution < -0.4 is 0 Å². The van der Waals surface area contributed by atoms with Gasteiger partial charge in [0.25, 0.3) is 0 Å². The molecule has 1 saturated carbocycles. The van der Waals surface area contributed by atoms with Crippen molar-refractivity contribution >= 4 is 3.21 Å². The number of hydrogen-bond acceptors (Lipinski definition) is 0. The van der Waals surface area contributed by atoms with Crippen LogP contribution >= 0.6 is 0 Å². The van der Waals surface area contributed by atoms with Crippen molar-refractivity contribution in [3.05, 3.63) is 0 Å². The summed E-state index contributed by atoms with van der Waals surface area (Å²) in [4.78, 5) is 0. The Bertz CT molecular complexity index is 101. The fraction of sp³-hybridized carbons (Fsp3) is 0.875. The van der Waals surface area contributed by atoms with Crippen LogP contribution in [0, 0.1) is 5.92 Å². The Labute approximate surface area is 72.4 Å². The van der Waals surface area contributed by atoms with Crippen LogP contribution in [0.5, 0.6) is 0 Å². The van der Waals surface area contributed by atoms with Gasteiger partial charge in [0.1, 0.15) is 0 Å². The van der Waals surface area contributed by atoms with Crippen LogP contribution in [-0.2, 0) is 24.2 Å². The van der Waals surface area contributed by atoms with Crippen molar-refractivity contribution in [1.29, 1.82) is 0 Å². The zero-order chi connectivity index (χ0) is 6.69. The monoisotopic (exact) mass is 200 g/mol. The molecule has 0 atom stereocenters. The molecule has 0 amide bonds. The molecule has 0 heterocycles. The molecule has 9 heavy (non-hydrogen) atoms. The first-order chi connectivity index (χ1) is 4.30. The average molecular weight is 201 g/mol. The van der Waals surface area contributed by atoms with E-state index >= 15 is 0 Å². The van der Waals surface area contributed by atoms with Crippen molar-refractivity contribution in [2.75, 3.05) is 0 Å². The molecule has 0 unspecified atom stereocenters. The van der Waals surface area contributed by atoms with Gasteiger partial charge >= 0.3 is 72.4 Å². The third-order valence-corrected chi connectivity index (χ3v) is 3.22. The van der Waals surface area contributed by atoms with Gasteiger partial charge in [-0.2, -0.15) is 0 Å². The molecule has 0 aromatic rings. The molecule has 1 heteroatoms. The maximum atomic E-state index is 2.31. The van der Waals surface area contributed by atoms with Gasteiger partial charge < -0.3 is 0 Å². The SMILES string of the molecule is C[C](=[Zr+2])C1CCCCC1. The standard InChI is InChI=1S/C8H14.Zr/c1-2-8-6-4-3-5-7-8;/h8H,3-7H2,1H3;/q;+2. The molecule has 1 fully saturated rings. The topological polar surface area (TPSA) is 0 Å². The molecule has 0 aromatic carbocycles. The summed E-state index contributed by atoms with van der Waals surface area (Å²) >= 11 is 1.66. The van der Waals surface area contributed by atoms with Crippen LogP contribution in [0.15, 0.2) is 0 Å². The Morgan fingerprint density at radius 2 is 1.78 bits per heavy atom. The fourth-order valence-corrected chi connectivity index (χ4v) is 2.25. The van der Waals surface area contributed by atoms with Crippen molar-refractivity contribution in [2.45, 2.75) is 39.0 Å². The first kappa shape index (κ1) is 7.86. The molecule has 1 rings (SSSR count). The molecule has 0 radical (unpaired) electrons. The van der Waals surface area contributed by atoms with E-state index in [1.165, 1.54) is 32.1 Å².